The normalized spacial score (nSPS) is 17.1. The molecule has 0 spiro atoms. The van der Waals surface area contributed by atoms with Crippen molar-refractivity contribution in [2.45, 2.75) is 38.5 Å². The van der Waals surface area contributed by atoms with Crippen LogP contribution in [0.25, 0.3) is 0 Å². The molecule has 8 nitrogen and oxygen atoms in total. The lowest BCUT2D eigenvalue weighted by Crippen LogP contribution is -2.34. The van der Waals surface area contributed by atoms with Gasteiger partial charge < -0.3 is 19.3 Å². The quantitative estimate of drug-likeness (QED) is 0.710. The van der Waals surface area contributed by atoms with Gasteiger partial charge >= 0.3 is 12.0 Å². The summed E-state index contributed by atoms with van der Waals surface area (Å²) in [5.41, 5.74) is 0.471. The van der Waals surface area contributed by atoms with E-state index in [9.17, 15) is 4.79 Å². The number of benzene rings is 1. The fraction of sp³-hybridized carbons (Fsp3) is 0.524. The summed E-state index contributed by atoms with van der Waals surface area (Å²) < 4.78 is 10.7. The fourth-order valence-electron chi connectivity index (χ4n) is 3.73. The maximum Gasteiger partial charge on any atom is 0.337 e. The largest absolute Gasteiger partial charge is 0.465 e. The zero-order valence-corrected chi connectivity index (χ0v) is 16.8. The minimum absolute atomic E-state index is 0.284. The minimum atomic E-state index is -0.378. The van der Waals surface area contributed by atoms with Gasteiger partial charge in [-0.3, -0.25) is 0 Å². The Labute approximate surface area is 170 Å². The van der Waals surface area contributed by atoms with Gasteiger partial charge in [0.2, 0.25) is 11.9 Å². The number of esters is 1. The summed E-state index contributed by atoms with van der Waals surface area (Å²) in [5.74, 6) is 1.55. The van der Waals surface area contributed by atoms with E-state index in [4.69, 9.17) is 14.5 Å². The molecule has 0 N–H and O–H groups in total. The van der Waals surface area contributed by atoms with Crippen LogP contribution in [0.3, 0.4) is 0 Å². The van der Waals surface area contributed by atoms with Crippen LogP contribution in [0.4, 0.5) is 11.9 Å². The van der Waals surface area contributed by atoms with Gasteiger partial charge in [0.25, 0.3) is 0 Å². The predicted molar refractivity (Wildman–Crippen MR) is 110 cm³/mol. The number of rotatable bonds is 5. The van der Waals surface area contributed by atoms with Crippen molar-refractivity contribution in [2.75, 3.05) is 43.1 Å². The number of ether oxygens (including phenoxy) is 2. The first-order valence-corrected chi connectivity index (χ1v) is 10.3. The molecule has 2 aliphatic rings. The lowest BCUT2D eigenvalue weighted by molar-refractivity contribution is 0.0600. The van der Waals surface area contributed by atoms with Gasteiger partial charge in [0.1, 0.15) is 5.75 Å². The van der Waals surface area contributed by atoms with Crippen LogP contribution in [0.15, 0.2) is 24.3 Å². The maximum absolute atomic E-state index is 11.6. The second-order valence-corrected chi connectivity index (χ2v) is 7.43. The standard InChI is InChI=1S/C21H27N5O3/c1-28-18(27)16-8-10-17(11-9-16)29-21-23-19(25-12-4-2-5-13-25)22-20(24-21)26-14-6-3-7-15-26/h8-11H,2-7,12-15H2,1H3. The van der Waals surface area contributed by atoms with E-state index in [1.165, 1.54) is 20.0 Å². The minimum Gasteiger partial charge on any atom is -0.465 e. The molecule has 0 saturated carbocycles. The summed E-state index contributed by atoms with van der Waals surface area (Å²) in [6.07, 6.45) is 7.09. The van der Waals surface area contributed by atoms with Gasteiger partial charge in [0.15, 0.2) is 0 Å². The molecular formula is C21H27N5O3. The van der Waals surface area contributed by atoms with Gasteiger partial charge in [0.05, 0.1) is 12.7 Å². The Balaban J connectivity index is 1.59. The molecule has 1 aromatic heterocycles. The number of aromatic nitrogens is 3. The summed E-state index contributed by atoms with van der Waals surface area (Å²) in [7, 11) is 1.36. The topological polar surface area (TPSA) is 80.7 Å². The Morgan fingerprint density at radius 3 is 1.79 bits per heavy atom. The highest BCUT2D eigenvalue weighted by atomic mass is 16.5. The zero-order valence-electron chi connectivity index (χ0n) is 16.8. The van der Waals surface area contributed by atoms with Crippen LogP contribution in [0.1, 0.15) is 48.9 Å². The van der Waals surface area contributed by atoms with Crippen LogP contribution in [0.2, 0.25) is 0 Å². The van der Waals surface area contributed by atoms with Gasteiger partial charge in [-0.15, -0.1) is 0 Å². The Bertz CT molecular complexity index is 794. The molecule has 29 heavy (non-hydrogen) atoms. The number of methoxy groups -OCH3 is 1. The van der Waals surface area contributed by atoms with Gasteiger partial charge in [0, 0.05) is 26.2 Å². The smallest absolute Gasteiger partial charge is 0.337 e. The van der Waals surface area contributed by atoms with Gasteiger partial charge in [-0.25, -0.2) is 4.79 Å². The lowest BCUT2D eigenvalue weighted by atomic mass is 10.1. The van der Waals surface area contributed by atoms with E-state index in [0.717, 1.165) is 51.9 Å². The Kier molecular flexibility index (Phi) is 6.07. The molecule has 0 unspecified atom stereocenters. The van der Waals surface area contributed by atoms with Crippen molar-refractivity contribution < 1.29 is 14.3 Å². The third-order valence-corrected chi connectivity index (χ3v) is 5.35. The van der Waals surface area contributed by atoms with Crippen molar-refractivity contribution in [1.29, 1.82) is 0 Å². The number of carbonyl (C=O) groups is 1. The van der Waals surface area contributed by atoms with E-state index >= 15 is 0 Å². The van der Waals surface area contributed by atoms with Crippen molar-refractivity contribution in [3.63, 3.8) is 0 Å². The molecule has 3 heterocycles. The molecule has 154 valence electrons. The van der Waals surface area contributed by atoms with E-state index in [2.05, 4.69) is 19.8 Å². The third kappa shape index (κ3) is 4.75. The SMILES string of the molecule is COC(=O)c1ccc(Oc2nc(N3CCCCC3)nc(N3CCCCC3)n2)cc1. The molecule has 8 heteroatoms. The first-order chi connectivity index (χ1) is 14.2. The third-order valence-electron chi connectivity index (χ3n) is 5.35. The fourth-order valence-corrected chi connectivity index (χ4v) is 3.73. The van der Waals surface area contributed by atoms with Gasteiger partial charge in [-0.05, 0) is 62.8 Å². The van der Waals surface area contributed by atoms with Gasteiger partial charge in [-0.2, -0.15) is 15.0 Å². The summed E-state index contributed by atoms with van der Waals surface area (Å²) >= 11 is 0. The molecule has 0 bridgehead atoms. The summed E-state index contributed by atoms with van der Waals surface area (Å²) in [6.45, 7) is 3.82. The number of carbonyl (C=O) groups excluding carboxylic acids is 1. The Morgan fingerprint density at radius 1 is 0.793 bits per heavy atom. The van der Waals surface area contributed by atoms with Crippen LogP contribution >= 0.6 is 0 Å². The number of hydrogen-bond donors (Lipinski definition) is 0. The van der Waals surface area contributed by atoms with Crippen molar-refractivity contribution in [1.82, 2.24) is 15.0 Å². The van der Waals surface area contributed by atoms with E-state index in [-0.39, 0.29) is 12.0 Å². The van der Waals surface area contributed by atoms with Crippen molar-refractivity contribution in [3.8, 4) is 11.8 Å². The molecule has 0 radical (unpaired) electrons. The van der Waals surface area contributed by atoms with Crippen LogP contribution in [0, 0.1) is 0 Å². The number of hydrogen-bond acceptors (Lipinski definition) is 8. The molecule has 2 fully saturated rings. The second kappa shape index (κ2) is 9.07. The van der Waals surface area contributed by atoms with Crippen LogP contribution in [0.5, 0.6) is 11.8 Å². The highest BCUT2D eigenvalue weighted by molar-refractivity contribution is 5.89. The molecule has 2 aliphatic heterocycles. The predicted octanol–water partition coefficient (Wildman–Crippen LogP) is 3.43. The molecule has 0 amide bonds. The molecule has 1 aromatic carbocycles. The first-order valence-electron chi connectivity index (χ1n) is 10.3. The van der Waals surface area contributed by atoms with E-state index < -0.39 is 0 Å². The van der Waals surface area contributed by atoms with E-state index in [0.29, 0.717) is 23.2 Å². The van der Waals surface area contributed by atoms with Gasteiger partial charge in [-0.1, -0.05) is 0 Å². The van der Waals surface area contributed by atoms with Crippen LogP contribution in [-0.4, -0.2) is 54.2 Å². The lowest BCUT2D eigenvalue weighted by Gasteiger charge is -2.30. The molecule has 2 aromatic rings. The number of nitrogens with zero attached hydrogens (tertiary/aromatic N) is 5. The van der Waals surface area contributed by atoms with Crippen LogP contribution < -0.4 is 14.5 Å². The number of piperidine rings is 2. The second-order valence-electron chi connectivity index (χ2n) is 7.43. The van der Waals surface area contributed by atoms with Crippen LogP contribution in [-0.2, 0) is 4.74 Å². The average Bonchev–Trinajstić information content (AvgIpc) is 2.80. The summed E-state index contributed by atoms with van der Waals surface area (Å²) in [6, 6.07) is 7.06. The monoisotopic (exact) mass is 397 g/mol. The zero-order chi connectivity index (χ0) is 20.1. The molecule has 0 atom stereocenters. The molecular weight excluding hydrogens is 370 g/mol. The van der Waals surface area contributed by atoms with Crippen molar-refractivity contribution >= 4 is 17.9 Å². The molecule has 2 saturated heterocycles. The highest BCUT2D eigenvalue weighted by Gasteiger charge is 2.21. The Morgan fingerprint density at radius 2 is 1.31 bits per heavy atom. The molecule has 4 rings (SSSR count). The summed E-state index contributed by atoms with van der Waals surface area (Å²) in [5, 5.41) is 0. The maximum atomic E-state index is 11.6. The van der Waals surface area contributed by atoms with E-state index in [1.807, 2.05) is 0 Å². The Hall–Kier alpha value is -2.90. The van der Waals surface area contributed by atoms with Crippen molar-refractivity contribution in [3.05, 3.63) is 29.8 Å². The summed E-state index contributed by atoms with van der Waals surface area (Å²) in [4.78, 5) is 30.0. The first kappa shape index (κ1) is 19.4. The highest BCUT2D eigenvalue weighted by Crippen LogP contribution is 2.26. The average molecular weight is 397 g/mol. The van der Waals surface area contributed by atoms with E-state index in [1.54, 1.807) is 24.3 Å². The van der Waals surface area contributed by atoms with Crippen molar-refractivity contribution in [2.24, 2.45) is 0 Å². The molecule has 0 aliphatic carbocycles. The number of anilines is 2.